The molecule has 5 heteroatoms. The molecular weight excluding hydrogens is 248 g/mol. The smallest absolute Gasteiger partial charge is 0.193 e. The number of halogens is 3. The third-order valence-electron chi connectivity index (χ3n) is 2.40. The second-order valence-corrected chi connectivity index (χ2v) is 4.07. The highest BCUT2D eigenvalue weighted by Gasteiger charge is 2.12. The first-order valence-electron chi connectivity index (χ1n) is 5.01. The third-order valence-corrected chi connectivity index (χ3v) is 2.60. The molecule has 0 radical (unpaired) electrons. The van der Waals surface area contributed by atoms with E-state index < -0.39 is 17.7 Å². The van der Waals surface area contributed by atoms with Gasteiger partial charge in [-0.2, -0.15) is 0 Å². The molecule has 0 bridgehead atoms. The Balaban J connectivity index is 2.12. The zero-order valence-electron chi connectivity index (χ0n) is 8.79. The van der Waals surface area contributed by atoms with Crippen LogP contribution < -0.4 is 5.73 Å². The Bertz CT molecular complexity index is 527. The molecule has 2 aromatic rings. The predicted molar refractivity (Wildman–Crippen MR) is 60.7 cm³/mol. The van der Waals surface area contributed by atoms with Crippen molar-refractivity contribution in [3.05, 3.63) is 58.5 Å². The van der Waals surface area contributed by atoms with E-state index in [1.54, 1.807) is 12.1 Å². The van der Waals surface area contributed by atoms with Crippen LogP contribution in [-0.2, 0) is 6.42 Å². The maximum atomic E-state index is 13.0. The van der Waals surface area contributed by atoms with Gasteiger partial charge in [0.25, 0.3) is 0 Å². The van der Waals surface area contributed by atoms with Crippen LogP contribution in [0.4, 0.5) is 8.78 Å². The van der Waals surface area contributed by atoms with Gasteiger partial charge in [0.2, 0.25) is 0 Å². The fourth-order valence-electron chi connectivity index (χ4n) is 1.55. The Hall–Kier alpha value is -1.39. The molecule has 0 amide bonds. The van der Waals surface area contributed by atoms with Gasteiger partial charge in [0, 0.05) is 0 Å². The van der Waals surface area contributed by atoms with E-state index in [4.69, 9.17) is 21.8 Å². The molecule has 90 valence electrons. The molecule has 0 aliphatic heterocycles. The summed E-state index contributed by atoms with van der Waals surface area (Å²) in [7, 11) is 0. The van der Waals surface area contributed by atoms with Crippen molar-refractivity contribution in [1.82, 2.24) is 0 Å². The van der Waals surface area contributed by atoms with E-state index >= 15 is 0 Å². The molecule has 1 heterocycles. The Morgan fingerprint density at radius 2 is 1.94 bits per heavy atom. The lowest BCUT2D eigenvalue weighted by atomic mass is 10.0. The fraction of sp³-hybridized carbons (Fsp3) is 0.167. The largest absolute Gasteiger partial charge is 0.448 e. The standard InChI is InChI=1S/C12H10ClF2NO/c13-12-4-3-11(17-12)10(16)6-7-1-2-8(14)9(15)5-7/h1-5,10H,6,16H2. The van der Waals surface area contributed by atoms with Gasteiger partial charge in [0.1, 0.15) is 5.76 Å². The molecular formula is C12H10ClF2NO. The first kappa shape index (κ1) is 12.1. The summed E-state index contributed by atoms with van der Waals surface area (Å²) in [4.78, 5) is 0. The van der Waals surface area contributed by atoms with Crippen LogP contribution in [0, 0.1) is 11.6 Å². The summed E-state index contributed by atoms with van der Waals surface area (Å²) in [5, 5.41) is 0.251. The molecule has 2 rings (SSSR count). The van der Waals surface area contributed by atoms with Crippen molar-refractivity contribution < 1.29 is 13.2 Å². The summed E-state index contributed by atoms with van der Waals surface area (Å²) in [5.74, 6) is -1.24. The van der Waals surface area contributed by atoms with Crippen LogP contribution >= 0.6 is 11.6 Å². The highest BCUT2D eigenvalue weighted by Crippen LogP contribution is 2.22. The molecule has 0 aliphatic carbocycles. The zero-order valence-corrected chi connectivity index (χ0v) is 9.55. The van der Waals surface area contributed by atoms with Crippen molar-refractivity contribution in [2.45, 2.75) is 12.5 Å². The summed E-state index contributed by atoms with van der Waals surface area (Å²) in [6, 6.07) is 6.50. The van der Waals surface area contributed by atoms with E-state index in [0.717, 1.165) is 12.1 Å². The van der Waals surface area contributed by atoms with Crippen LogP contribution in [0.5, 0.6) is 0 Å². The van der Waals surface area contributed by atoms with Crippen molar-refractivity contribution in [3.63, 3.8) is 0 Å². The van der Waals surface area contributed by atoms with Crippen molar-refractivity contribution in [2.75, 3.05) is 0 Å². The first-order valence-corrected chi connectivity index (χ1v) is 5.39. The summed E-state index contributed by atoms with van der Waals surface area (Å²) in [5.41, 5.74) is 6.46. The zero-order chi connectivity index (χ0) is 12.4. The Kier molecular flexibility index (Phi) is 3.45. The number of furan rings is 1. The van der Waals surface area contributed by atoms with Gasteiger partial charge in [-0.15, -0.1) is 0 Å². The van der Waals surface area contributed by atoms with Crippen LogP contribution in [0.2, 0.25) is 5.22 Å². The Labute approximate surface area is 102 Å². The number of hydrogen-bond acceptors (Lipinski definition) is 2. The molecule has 17 heavy (non-hydrogen) atoms. The van der Waals surface area contributed by atoms with Gasteiger partial charge in [-0.25, -0.2) is 8.78 Å². The van der Waals surface area contributed by atoms with Crippen LogP contribution in [-0.4, -0.2) is 0 Å². The lowest BCUT2D eigenvalue weighted by molar-refractivity contribution is 0.464. The number of benzene rings is 1. The number of rotatable bonds is 3. The maximum absolute atomic E-state index is 13.0. The average Bonchev–Trinajstić information content (AvgIpc) is 2.70. The second kappa shape index (κ2) is 4.85. The average molecular weight is 258 g/mol. The molecule has 1 aromatic carbocycles. The molecule has 1 atom stereocenters. The van der Waals surface area contributed by atoms with Crippen molar-refractivity contribution in [1.29, 1.82) is 0 Å². The summed E-state index contributed by atoms with van der Waals surface area (Å²) >= 11 is 5.62. The van der Waals surface area contributed by atoms with Crippen LogP contribution in [0.15, 0.2) is 34.7 Å². The number of nitrogens with two attached hydrogens (primary N) is 1. The van der Waals surface area contributed by atoms with Crippen LogP contribution in [0.25, 0.3) is 0 Å². The third kappa shape index (κ3) is 2.84. The lowest BCUT2D eigenvalue weighted by Crippen LogP contribution is -2.12. The van der Waals surface area contributed by atoms with Gasteiger partial charge >= 0.3 is 0 Å². The monoisotopic (exact) mass is 257 g/mol. The molecule has 0 saturated heterocycles. The van der Waals surface area contributed by atoms with E-state index in [0.29, 0.717) is 17.7 Å². The molecule has 2 nitrogen and oxygen atoms in total. The summed E-state index contributed by atoms with van der Waals surface area (Å²) in [6.45, 7) is 0. The van der Waals surface area contributed by atoms with Crippen molar-refractivity contribution >= 4 is 11.6 Å². The van der Waals surface area contributed by atoms with Gasteiger partial charge < -0.3 is 10.2 Å². The van der Waals surface area contributed by atoms with Crippen molar-refractivity contribution in [3.8, 4) is 0 Å². The fourth-order valence-corrected chi connectivity index (χ4v) is 1.70. The highest BCUT2D eigenvalue weighted by molar-refractivity contribution is 6.28. The molecule has 1 unspecified atom stereocenters. The molecule has 0 fully saturated rings. The Morgan fingerprint density at radius 1 is 1.18 bits per heavy atom. The van der Waals surface area contributed by atoms with Gasteiger partial charge in [-0.3, -0.25) is 0 Å². The predicted octanol–water partition coefficient (Wildman–Crippen LogP) is 3.45. The summed E-state index contributed by atoms with van der Waals surface area (Å²) in [6.07, 6.45) is 0.348. The van der Waals surface area contributed by atoms with E-state index in [9.17, 15) is 8.78 Å². The molecule has 0 saturated carbocycles. The minimum Gasteiger partial charge on any atom is -0.448 e. The van der Waals surface area contributed by atoms with Gasteiger partial charge in [0.15, 0.2) is 16.9 Å². The highest BCUT2D eigenvalue weighted by atomic mass is 35.5. The van der Waals surface area contributed by atoms with E-state index in [1.807, 2.05) is 0 Å². The van der Waals surface area contributed by atoms with E-state index in [1.165, 1.54) is 6.07 Å². The SMILES string of the molecule is NC(Cc1ccc(F)c(F)c1)c1ccc(Cl)o1. The minimum absolute atomic E-state index is 0.251. The van der Waals surface area contributed by atoms with Crippen LogP contribution in [0.1, 0.15) is 17.4 Å². The van der Waals surface area contributed by atoms with Gasteiger partial charge in [-0.05, 0) is 47.9 Å². The summed E-state index contributed by atoms with van der Waals surface area (Å²) < 4.78 is 30.8. The number of hydrogen-bond donors (Lipinski definition) is 1. The topological polar surface area (TPSA) is 39.2 Å². The van der Waals surface area contributed by atoms with Gasteiger partial charge in [-0.1, -0.05) is 6.07 Å². The quantitative estimate of drug-likeness (QED) is 0.915. The van der Waals surface area contributed by atoms with Gasteiger partial charge in [0.05, 0.1) is 6.04 Å². The molecule has 0 spiro atoms. The lowest BCUT2D eigenvalue weighted by Gasteiger charge is -2.08. The maximum Gasteiger partial charge on any atom is 0.193 e. The normalized spacial score (nSPS) is 12.7. The molecule has 2 N–H and O–H groups in total. The van der Waals surface area contributed by atoms with Crippen molar-refractivity contribution in [2.24, 2.45) is 5.73 Å². The first-order chi connectivity index (χ1) is 8.06. The minimum atomic E-state index is -0.882. The second-order valence-electron chi connectivity index (χ2n) is 3.70. The van der Waals surface area contributed by atoms with E-state index in [2.05, 4.69) is 0 Å². The van der Waals surface area contributed by atoms with Crippen LogP contribution in [0.3, 0.4) is 0 Å². The molecule has 0 aliphatic rings. The molecule has 1 aromatic heterocycles. The van der Waals surface area contributed by atoms with E-state index in [-0.39, 0.29) is 5.22 Å². The Morgan fingerprint density at radius 3 is 2.53 bits per heavy atom.